The first-order valence-electron chi connectivity index (χ1n) is 4.37. The van der Waals surface area contributed by atoms with Gasteiger partial charge in [0, 0.05) is 12.1 Å². The average Bonchev–Trinajstić information content (AvgIpc) is 2.25. The summed E-state index contributed by atoms with van der Waals surface area (Å²) in [5.74, 6) is -3.25. The molecule has 1 aromatic carbocycles. The molecule has 0 radical (unpaired) electrons. The molecule has 17 heavy (non-hydrogen) atoms. The lowest BCUT2D eigenvalue weighted by molar-refractivity contribution is -0.0887. The van der Waals surface area contributed by atoms with Gasteiger partial charge in [0.1, 0.15) is 22.8 Å². The third-order valence-electron chi connectivity index (χ3n) is 1.98. The van der Waals surface area contributed by atoms with Gasteiger partial charge in [-0.05, 0) is 0 Å². The molecular weight excluding hydrogens is 241 g/mol. The van der Waals surface area contributed by atoms with E-state index in [4.69, 9.17) is 0 Å². The molecule has 0 spiro atoms. The van der Waals surface area contributed by atoms with Crippen LogP contribution in [0.25, 0.3) is 0 Å². The van der Waals surface area contributed by atoms with Crippen LogP contribution in [0.5, 0.6) is 17.2 Å². The molecule has 4 nitrogen and oxygen atoms in total. The zero-order valence-electron chi connectivity index (χ0n) is 8.96. The average molecular weight is 250 g/mol. The predicted octanol–water partition coefficient (Wildman–Crippen LogP) is 2.15. The molecule has 0 fully saturated rings. The van der Waals surface area contributed by atoms with Crippen molar-refractivity contribution in [2.75, 3.05) is 14.2 Å². The van der Waals surface area contributed by atoms with Crippen LogP contribution in [0, 0.1) is 0 Å². The highest BCUT2D eigenvalue weighted by Crippen LogP contribution is 2.37. The summed E-state index contributed by atoms with van der Waals surface area (Å²) in [6.45, 7) is 0. The Balaban J connectivity index is 3.44. The fourth-order valence-electron chi connectivity index (χ4n) is 1.26. The number of ketones is 1. The second kappa shape index (κ2) is 4.52. The van der Waals surface area contributed by atoms with Gasteiger partial charge in [-0.15, -0.1) is 0 Å². The number of ether oxygens (including phenoxy) is 2. The topological polar surface area (TPSA) is 55.8 Å². The van der Waals surface area contributed by atoms with Gasteiger partial charge in [-0.2, -0.15) is 13.2 Å². The molecule has 0 bridgehead atoms. The van der Waals surface area contributed by atoms with Crippen LogP contribution >= 0.6 is 0 Å². The molecule has 0 aromatic heterocycles. The highest BCUT2D eigenvalue weighted by molar-refractivity contribution is 6.05. The van der Waals surface area contributed by atoms with Gasteiger partial charge in [0.05, 0.1) is 14.2 Å². The van der Waals surface area contributed by atoms with Gasteiger partial charge < -0.3 is 14.6 Å². The first-order chi connectivity index (χ1) is 7.81. The maximum absolute atomic E-state index is 12.3. The number of carbonyl (C=O) groups excluding carboxylic acids is 1. The van der Waals surface area contributed by atoms with Crippen molar-refractivity contribution in [3.8, 4) is 17.2 Å². The molecule has 0 aliphatic heterocycles. The Kier molecular flexibility index (Phi) is 3.50. The Labute approximate surface area is 94.6 Å². The van der Waals surface area contributed by atoms with Crippen molar-refractivity contribution >= 4 is 5.78 Å². The minimum atomic E-state index is -5.04. The number of hydrogen-bond acceptors (Lipinski definition) is 4. The van der Waals surface area contributed by atoms with Crippen molar-refractivity contribution in [3.05, 3.63) is 17.7 Å². The SMILES string of the molecule is COc1cc(O)cc(OC)c1C(=O)C(F)(F)F. The second-order valence-corrected chi connectivity index (χ2v) is 3.05. The summed E-state index contributed by atoms with van der Waals surface area (Å²) in [5, 5.41) is 9.21. The lowest BCUT2D eigenvalue weighted by Crippen LogP contribution is -2.24. The molecule has 0 atom stereocenters. The molecule has 1 N–H and O–H groups in total. The molecule has 0 amide bonds. The third-order valence-corrected chi connectivity index (χ3v) is 1.98. The lowest BCUT2D eigenvalue weighted by Gasteiger charge is -2.14. The van der Waals surface area contributed by atoms with Gasteiger partial charge in [-0.3, -0.25) is 4.79 Å². The van der Waals surface area contributed by atoms with Crippen LogP contribution in [0.2, 0.25) is 0 Å². The number of phenolic OH excluding ortho intramolecular Hbond substituents is 1. The van der Waals surface area contributed by atoms with Gasteiger partial charge >= 0.3 is 6.18 Å². The number of phenols is 1. The number of carbonyl (C=O) groups is 1. The number of aromatic hydroxyl groups is 1. The van der Waals surface area contributed by atoms with Crippen LogP contribution in [0.4, 0.5) is 13.2 Å². The standard InChI is InChI=1S/C10H9F3O4/c1-16-6-3-5(14)4-7(17-2)8(6)9(15)10(11,12)13/h3-4,14H,1-2H3. The quantitative estimate of drug-likeness (QED) is 0.835. The van der Waals surface area contributed by atoms with Gasteiger partial charge in [-0.25, -0.2) is 0 Å². The normalized spacial score (nSPS) is 11.1. The number of halogens is 3. The number of alkyl halides is 3. The van der Waals surface area contributed by atoms with Crippen molar-refractivity contribution in [2.45, 2.75) is 6.18 Å². The van der Waals surface area contributed by atoms with Gasteiger partial charge in [0.15, 0.2) is 0 Å². The van der Waals surface area contributed by atoms with Gasteiger partial charge in [0.2, 0.25) is 0 Å². The molecule has 1 aromatic rings. The van der Waals surface area contributed by atoms with E-state index in [1.54, 1.807) is 0 Å². The number of methoxy groups -OCH3 is 2. The summed E-state index contributed by atoms with van der Waals surface area (Å²) < 4.78 is 46.3. The van der Waals surface area contributed by atoms with Crippen LogP contribution in [-0.2, 0) is 0 Å². The summed E-state index contributed by atoms with van der Waals surface area (Å²) in [7, 11) is 2.17. The van der Waals surface area contributed by atoms with Crippen molar-refractivity contribution in [2.24, 2.45) is 0 Å². The van der Waals surface area contributed by atoms with Crippen LogP contribution < -0.4 is 9.47 Å². The monoisotopic (exact) mass is 250 g/mol. The summed E-state index contributed by atoms with van der Waals surface area (Å²) >= 11 is 0. The number of benzene rings is 1. The Hall–Kier alpha value is -1.92. The van der Waals surface area contributed by atoms with Crippen molar-refractivity contribution in [3.63, 3.8) is 0 Å². The molecule has 1 rings (SSSR count). The van der Waals surface area contributed by atoms with E-state index in [1.807, 2.05) is 0 Å². The molecule has 94 valence electrons. The zero-order chi connectivity index (χ0) is 13.2. The summed E-state index contributed by atoms with van der Waals surface area (Å²) in [6, 6.07) is 1.81. The first kappa shape index (κ1) is 13.1. The minimum absolute atomic E-state index is 0.363. The largest absolute Gasteiger partial charge is 0.508 e. The molecule has 0 saturated carbocycles. The minimum Gasteiger partial charge on any atom is -0.508 e. The van der Waals surface area contributed by atoms with Crippen LogP contribution in [0.1, 0.15) is 10.4 Å². The molecule has 0 heterocycles. The number of Topliss-reactive ketones (excluding diaryl/α,β-unsaturated/α-hetero) is 1. The molecular formula is C10H9F3O4. The third kappa shape index (κ3) is 2.61. The molecule has 0 aliphatic carbocycles. The maximum atomic E-state index is 12.3. The Morgan fingerprint density at radius 3 is 1.88 bits per heavy atom. The van der Waals surface area contributed by atoms with E-state index in [1.165, 1.54) is 0 Å². The van der Waals surface area contributed by atoms with Crippen molar-refractivity contribution in [1.29, 1.82) is 0 Å². The van der Waals surface area contributed by atoms with Crippen LogP contribution in [0.3, 0.4) is 0 Å². The number of rotatable bonds is 3. The highest BCUT2D eigenvalue weighted by Gasteiger charge is 2.42. The second-order valence-electron chi connectivity index (χ2n) is 3.05. The molecule has 7 heteroatoms. The van der Waals surface area contributed by atoms with E-state index in [0.29, 0.717) is 0 Å². The fraction of sp³-hybridized carbons (Fsp3) is 0.300. The Bertz CT molecular complexity index is 415. The first-order valence-corrected chi connectivity index (χ1v) is 4.37. The van der Waals surface area contributed by atoms with Crippen molar-refractivity contribution < 1.29 is 32.5 Å². The van der Waals surface area contributed by atoms with E-state index in [-0.39, 0.29) is 5.75 Å². The zero-order valence-corrected chi connectivity index (χ0v) is 8.96. The maximum Gasteiger partial charge on any atom is 0.455 e. The van der Waals surface area contributed by atoms with E-state index in [0.717, 1.165) is 26.4 Å². The molecule has 0 saturated heterocycles. The van der Waals surface area contributed by atoms with Crippen molar-refractivity contribution in [1.82, 2.24) is 0 Å². The smallest absolute Gasteiger partial charge is 0.455 e. The lowest BCUT2D eigenvalue weighted by atomic mass is 10.1. The number of hydrogen-bond donors (Lipinski definition) is 1. The van der Waals surface area contributed by atoms with Gasteiger partial charge in [0.25, 0.3) is 5.78 Å². The van der Waals surface area contributed by atoms with E-state index in [2.05, 4.69) is 9.47 Å². The Morgan fingerprint density at radius 1 is 1.18 bits per heavy atom. The van der Waals surface area contributed by atoms with Crippen LogP contribution in [0.15, 0.2) is 12.1 Å². The van der Waals surface area contributed by atoms with E-state index in [9.17, 15) is 23.1 Å². The summed E-state index contributed by atoms with van der Waals surface area (Å²) in [6.07, 6.45) is -5.04. The van der Waals surface area contributed by atoms with Crippen LogP contribution in [-0.4, -0.2) is 31.3 Å². The molecule has 0 unspecified atom stereocenters. The Morgan fingerprint density at radius 2 is 1.59 bits per heavy atom. The summed E-state index contributed by atoms with van der Waals surface area (Å²) in [5.41, 5.74) is -0.764. The van der Waals surface area contributed by atoms with E-state index >= 15 is 0 Å². The molecule has 0 aliphatic rings. The van der Waals surface area contributed by atoms with E-state index < -0.39 is 29.0 Å². The predicted molar refractivity (Wildman–Crippen MR) is 51.6 cm³/mol. The highest BCUT2D eigenvalue weighted by atomic mass is 19.4. The van der Waals surface area contributed by atoms with Gasteiger partial charge in [-0.1, -0.05) is 0 Å². The summed E-state index contributed by atoms with van der Waals surface area (Å²) in [4.78, 5) is 11.2. The fourth-order valence-corrected chi connectivity index (χ4v) is 1.26.